The van der Waals surface area contributed by atoms with E-state index in [0.29, 0.717) is 11.1 Å². The first-order valence-corrected chi connectivity index (χ1v) is 8.24. The molecule has 132 valence electrons. The third-order valence-corrected chi connectivity index (χ3v) is 4.01. The van der Waals surface area contributed by atoms with Gasteiger partial charge in [-0.05, 0) is 52.9 Å². The van der Waals surface area contributed by atoms with Crippen molar-refractivity contribution in [2.45, 2.75) is 32.8 Å². The molecule has 0 radical (unpaired) electrons. The van der Waals surface area contributed by atoms with Crippen LogP contribution in [-0.4, -0.2) is 18.3 Å². The van der Waals surface area contributed by atoms with E-state index in [4.69, 9.17) is 21.1 Å². The summed E-state index contributed by atoms with van der Waals surface area (Å²) in [5.74, 6) is 0.330. The summed E-state index contributed by atoms with van der Waals surface area (Å²) in [4.78, 5) is 23.4. The van der Waals surface area contributed by atoms with Gasteiger partial charge in [0.1, 0.15) is 12.4 Å². The number of esters is 1. The third-order valence-electron chi connectivity index (χ3n) is 3.79. The normalized spacial score (nSPS) is 11.1. The van der Waals surface area contributed by atoms with Crippen LogP contribution in [0.15, 0.2) is 42.5 Å². The van der Waals surface area contributed by atoms with Crippen molar-refractivity contribution in [1.29, 1.82) is 0 Å². The molecular weight excluding hydrogens is 340 g/mol. The number of carbonyl (C=O) groups is 2. The molecule has 0 aliphatic rings. The van der Waals surface area contributed by atoms with Gasteiger partial charge in [0.2, 0.25) is 0 Å². The van der Waals surface area contributed by atoms with Crippen molar-refractivity contribution in [3.8, 4) is 5.75 Å². The highest BCUT2D eigenvalue weighted by Gasteiger charge is 2.21. The zero-order valence-electron chi connectivity index (χ0n) is 14.8. The van der Waals surface area contributed by atoms with Gasteiger partial charge in [-0.3, -0.25) is 4.79 Å². The largest absolute Gasteiger partial charge is 0.496 e. The molecule has 2 aromatic rings. The molecule has 0 fully saturated rings. The molecule has 0 heterocycles. The maximum absolute atomic E-state index is 12.3. The summed E-state index contributed by atoms with van der Waals surface area (Å²) < 4.78 is 10.7. The van der Waals surface area contributed by atoms with Crippen molar-refractivity contribution >= 4 is 22.8 Å². The summed E-state index contributed by atoms with van der Waals surface area (Å²) in [6.45, 7) is 6.28. The fourth-order valence-electron chi connectivity index (χ4n) is 2.39. The molecule has 5 heteroatoms. The smallest absolute Gasteiger partial charge is 0.338 e. The van der Waals surface area contributed by atoms with Crippen LogP contribution >= 0.6 is 11.6 Å². The van der Waals surface area contributed by atoms with E-state index >= 15 is 0 Å². The molecule has 0 aromatic heterocycles. The first kappa shape index (κ1) is 19.0. The van der Waals surface area contributed by atoms with Gasteiger partial charge in [-0.25, -0.2) is 4.79 Å². The molecule has 25 heavy (non-hydrogen) atoms. The maximum Gasteiger partial charge on any atom is 0.338 e. The van der Waals surface area contributed by atoms with E-state index in [9.17, 15) is 9.59 Å². The van der Waals surface area contributed by atoms with Gasteiger partial charge in [-0.1, -0.05) is 32.9 Å². The minimum Gasteiger partial charge on any atom is -0.496 e. The van der Waals surface area contributed by atoms with E-state index in [2.05, 4.69) is 20.8 Å². The molecule has 2 aromatic carbocycles. The molecule has 0 saturated carbocycles. The van der Waals surface area contributed by atoms with E-state index in [1.54, 1.807) is 49.6 Å². The number of benzene rings is 2. The number of carbonyl (C=O) groups excluding carboxylic acids is 2. The second-order valence-electron chi connectivity index (χ2n) is 6.71. The van der Waals surface area contributed by atoms with Gasteiger partial charge in [0.15, 0.2) is 0 Å². The Kier molecular flexibility index (Phi) is 5.85. The standard InChI is InChI=1S/C20H21ClO4/c1-20(2,3)16-11-15(9-10-17(16)24-4)19(23)25-12-13-5-7-14(8-6-13)18(21)22/h5-11H,12H2,1-4H3. The van der Waals surface area contributed by atoms with Crippen LogP contribution in [0.3, 0.4) is 0 Å². The van der Waals surface area contributed by atoms with Gasteiger partial charge in [0.25, 0.3) is 5.24 Å². The monoisotopic (exact) mass is 360 g/mol. The van der Waals surface area contributed by atoms with E-state index in [1.807, 2.05) is 0 Å². The first-order chi connectivity index (χ1) is 11.7. The number of halogens is 1. The van der Waals surface area contributed by atoms with Crippen molar-refractivity contribution < 1.29 is 19.1 Å². The predicted octanol–water partition coefficient (Wildman–Crippen LogP) is 4.73. The molecule has 0 unspecified atom stereocenters. The van der Waals surface area contributed by atoms with E-state index in [1.165, 1.54) is 0 Å². The summed E-state index contributed by atoms with van der Waals surface area (Å²) in [5.41, 5.74) is 2.43. The minimum absolute atomic E-state index is 0.118. The Bertz CT molecular complexity index is 773. The van der Waals surface area contributed by atoms with Crippen LogP contribution in [0.5, 0.6) is 5.75 Å². The van der Waals surface area contributed by atoms with Crippen molar-refractivity contribution in [2.24, 2.45) is 0 Å². The lowest BCUT2D eigenvalue weighted by Gasteiger charge is -2.22. The van der Waals surface area contributed by atoms with Crippen LogP contribution in [0.1, 0.15) is 52.6 Å². The average Bonchev–Trinajstić information content (AvgIpc) is 2.58. The number of methoxy groups -OCH3 is 1. The SMILES string of the molecule is COc1ccc(C(=O)OCc2ccc(C(=O)Cl)cc2)cc1C(C)(C)C. The third kappa shape index (κ3) is 4.83. The minimum atomic E-state index is -0.517. The van der Waals surface area contributed by atoms with Crippen LogP contribution in [0, 0.1) is 0 Å². The highest BCUT2D eigenvalue weighted by atomic mass is 35.5. The summed E-state index contributed by atoms with van der Waals surface area (Å²) in [7, 11) is 1.61. The Labute approximate surface area is 152 Å². The van der Waals surface area contributed by atoms with Crippen molar-refractivity contribution in [2.75, 3.05) is 7.11 Å². The second-order valence-corrected chi connectivity index (χ2v) is 7.06. The Morgan fingerprint density at radius 2 is 1.60 bits per heavy atom. The Balaban J connectivity index is 2.11. The van der Waals surface area contributed by atoms with Gasteiger partial charge >= 0.3 is 5.97 Å². The van der Waals surface area contributed by atoms with Crippen molar-refractivity contribution in [3.05, 3.63) is 64.7 Å². The van der Waals surface area contributed by atoms with E-state index in [-0.39, 0.29) is 12.0 Å². The highest BCUT2D eigenvalue weighted by molar-refractivity contribution is 6.67. The fourth-order valence-corrected chi connectivity index (χ4v) is 2.51. The average molecular weight is 361 g/mol. The maximum atomic E-state index is 12.3. The van der Waals surface area contributed by atoms with Crippen LogP contribution in [0.4, 0.5) is 0 Å². The Morgan fingerprint density at radius 3 is 2.12 bits per heavy atom. The Hall–Kier alpha value is -2.33. The zero-order valence-corrected chi connectivity index (χ0v) is 15.5. The van der Waals surface area contributed by atoms with E-state index < -0.39 is 11.2 Å². The Morgan fingerprint density at radius 1 is 1.00 bits per heavy atom. The van der Waals surface area contributed by atoms with E-state index in [0.717, 1.165) is 16.9 Å². The molecule has 0 aliphatic carbocycles. The predicted molar refractivity (Wildman–Crippen MR) is 97.4 cm³/mol. The summed E-state index contributed by atoms with van der Waals surface area (Å²) in [5, 5.41) is -0.517. The molecule has 2 rings (SSSR count). The molecule has 0 saturated heterocycles. The quantitative estimate of drug-likeness (QED) is 0.571. The van der Waals surface area contributed by atoms with Crippen molar-refractivity contribution in [3.63, 3.8) is 0 Å². The lowest BCUT2D eigenvalue weighted by Crippen LogP contribution is -2.15. The number of ether oxygens (including phenoxy) is 2. The zero-order chi connectivity index (χ0) is 18.6. The van der Waals surface area contributed by atoms with Crippen LogP contribution in [-0.2, 0) is 16.8 Å². The summed E-state index contributed by atoms with van der Waals surface area (Å²) >= 11 is 5.40. The second kappa shape index (κ2) is 7.70. The highest BCUT2D eigenvalue weighted by Crippen LogP contribution is 2.32. The van der Waals surface area contributed by atoms with Crippen LogP contribution < -0.4 is 4.74 Å². The van der Waals surface area contributed by atoms with Crippen LogP contribution in [0.25, 0.3) is 0 Å². The lowest BCUT2D eigenvalue weighted by atomic mass is 9.85. The van der Waals surface area contributed by atoms with Gasteiger partial charge in [-0.15, -0.1) is 0 Å². The summed E-state index contributed by atoms with van der Waals surface area (Å²) in [6, 6.07) is 11.9. The molecule has 4 nitrogen and oxygen atoms in total. The molecule has 0 N–H and O–H groups in total. The van der Waals surface area contributed by atoms with Gasteiger partial charge < -0.3 is 9.47 Å². The van der Waals surface area contributed by atoms with Gasteiger partial charge in [0, 0.05) is 11.1 Å². The topological polar surface area (TPSA) is 52.6 Å². The van der Waals surface area contributed by atoms with Crippen LogP contribution in [0.2, 0.25) is 0 Å². The molecule has 0 spiro atoms. The van der Waals surface area contributed by atoms with Gasteiger partial charge in [0.05, 0.1) is 12.7 Å². The lowest BCUT2D eigenvalue weighted by molar-refractivity contribution is 0.0472. The number of hydrogen-bond acceptors (Lipinski definition) is 4. The molecule has 0 bridgehead atoms. The molecule has 0 amide bonds. The molecule has 0 aliphatic heterocycles. The van der Waals surface area contributed by atoms with Gasteiger partial charge in [-0.2, -0.15) is 0 Å². The fraction of sp³-hybridized carbons (Fsp3) is 0.300. The number of hydrogen-bond donors (Lipinski definition) is 0. The van der Waals surface area contributed by atoms with Crippen molar-refractivity contribution in [1.82, 2.24) is 0 Å². The first-order valence-electron chi connectivity index (χ1n) is 7.87. The molecular formula is C20H21ClO4. The summed E-state index contributed by atoms with van der Waals surface area (Å²) in [6.07, 6.45) is 0. The number of rotatable bonds is 5. The molecule has 0 atom stereocenters.